The van der Waals surface area contributed by atoms with Crippen molar-refractivity contribution in [3.63, 3.8) is 0 Å². The van der Waals surface area contributed by atoms with Gasteiger partial charge in [-0.1, -0.05) is 159 Å². The van der Waals surface area contributed by atoms with Crippen LogP contribution in [0.25, 0.3) is 11.4 Å². The Labute approximate surface area is 245 Å². The number of rotatable bonds is 21. The van der Waals surface area contributed by atoms with E-state index in [2.05, 4.69) is 4.98 Å². The third-order valence-electron chi connectivity index (χ3n) is 9.21. The largest absolute Gasteiger partial charge is 0.487 e. The summed E-state index contributed by atoms with van der Waals surface area (Å²) in [5.74, 6) is 4.05. The Balaban J connectivity index is 1.11. The Morgan fingerprint density at radius 3 is 1.65 bits per heavy atom. The van der Waals surface area contributed by atoms with Crippen molar-refractivity contribution in [3.8, 4) is 23.0 Å². The van der Waals surface area contributed by atoms with E-state index in [0.29, 0.717) is 30.7 Å². The minimum atomic E-state index is 0.595. The van der Waals surface area contributed by atoms with Crippen molar-refractivity contribution in [3.05, 3.63) is 36.5 Å². The second-order valence-electron chi connectivity index (χ2n) is 12.5. The number of aromatic nitrogens is 2. The van der Waals surface area contributed by atoms with E-state index in [1.54, 1.807) is 6.20 Å². The predicted octanol–water partition coefficient (Wildman–Crippen LogP) is 10.7. The molecule has 2 aliphatic rings. The quantitative estimate of drug-likeness (QED) is 0.146. The van der Waals surface area contributed by atoms with Crippen LogP contribution in [0.1, 0.15) is 141 Å². The van der Waals surface area contributed by atoms with E-state index in [1.165, 1.54) is 128 Å². The molecule has 1 aromatic carbocycles. The molecule has 4 rings (SSSR count). The molecular formula is C36H56N2O2. The van der Waals surface area contributed by atoms with Gasteiger partial charge in [0, 0.05) is 5.56 Å². The smallest absolute Gasteiger partial charge is 0.260 e. The van der Waals surface area contributed by atoms with Crippen LogP contribution in [0.2, 0.25) is 0 Å². The van der Waals surface area contributed by atoms with E-state index in [-0.39, 0.29) is 0 Å². The second-order valence-corrected chi connectivity index (χ2v) is 12.5. The highest BCUT2D eigenvalue weighted by atomic mass is 16.5. The van der Waals surface area contributed by atoms with Gasteiger partial charge in [0.05, 0.1) is 19.4 Å². The van der Waals surface area contributed by atoms with E-state index >= 15 is 0 Å². The molecule has 0 aliphatic heterocycles. The van der Waals surface area contributed by atoms with E-state index in [4.69, 9.17) is 14.5 Å². The maximum atomic E-state index is 6.18. The van der Waals surface area contributed by atoms with E-state index in [1.807, 2.05) is 30.3 Å². The lowest BCUT2D eigenvalue weighted by Crippen LogP contribution is -2.06. The first-order chi connectivity index (χ1) is 19.9. The molecular weight excluding hydrogens is 492 g/mol. The fourth-order valence-electron chi connectivity index (χ4n) is 6.72. The van der Waals surface area contributed by atoms with Crippen molar-refractivity contribution in [2.45, 2.75) is 141 Å². The average molecular weight is 549 g/mol. The molecule has 0 amide bonds. The van der Waals surface area contributed by atoms with Gasteiger partial charge < -0.3 is 9.47 Å². The van der Waals surface area contributed by atoms with Gasteiger partial charge >= 0.3 is 0 Å². The topological polar surface area (TPSA) is 44.2 Å². The fraction of sp³-hybridized carbons (Fsp3) is 0.722. The first-order valence-corrected chi connectivity index (χ1v) is 17.1. The van der Waals surface area contributed by atoms with Gasteiger partial charge in [0.15, 0.2) is 11.6 Å². The predicted molar refractivity (Wildman–Crippen MR) is 167 cm³/mol. The van der Waals surface area contributed by atoms with Crippen LogP contribution >= 0.6 is 0 Å². The van der Waals surface area contributed by atoms with Gasteiger partial charge in [0.25, 0.3) is 5.88 Å². The van der Waals surface area contributed by atoms with Gasteiger partial charge in [-0.15, -0.1) is 0 Å². The highest BCUT2D eigenvalue weighted by molar-refractivity contribution is 5.56. The molecule has 2 saturated carbocycles. The Hall–Kier alpha value is -2.10. The number of nitrogens with zero attached hydrogens (tertiary/aromatic N) is 2. The zero-order valence-corrected chi connectivity index (χ0v) is 25.3. The minimum absolute atomic E-state index is 0.595. The first kappa shape index (κ1) is 30.8. The van der Waals surface area contributed by atoms with Crippen molar-refractivity contribution in [1.82, 2.24) is 9.97 Å². The summed E-state index contributed by atoms with van der Waals surface area (Å²) in [4.78, 5) is 9.35. The van der Waals surface area contributed by atoms with Gasteiger partial charge in [-0.3, -0.25) is 0 Å². The Bertz CT molecular complexity index is 906. The lowest BCUT2D eigenvalue weighted by Gasteiger charge is -2.13. The normalized spacial score (nSPS) is 16.1. The van der Waals surface area contributed by atoms with Crippen LogP contribution < -0.4 is 9.47 Å². The van der Waals surface area contributed by atoms with Crippen molar-refractivity contribution < 1.29 is 9.47 Å². The second kappa shape index (κ2) is 19.1. The van der Waals surface area contributed by atoms with E-state index < -0.39 is 0 Å². The Kier molecular flexibility index (Phi) is 14.7. The molecule has 0 atom stereocenters. The molecule has 0 N–H and O–H groups in total. The van der Waals surface area contributed by atoms with Gasteiger partial charge in [-0.25, -0.2) is 4.98 Å². The van der Waals surface area contributed by atoms with E-state index in [0.717, 1.165) is 30.2 Å². The third-order valence-corrected chi connectivity index (χ3v) is 9.21. The van der Waals surface area contributed by atoms with Crippen molar-refractivity contribution in [1.29, 1.82) is 0 Å². The molecule has 0 bridgehead atoms. The van der Waals surface area contributed by atoms with E-state index in [9.17, 15) is 0 Å². The summed E-state index contributed by atoms with van der Waals surface area (Å²) in [7, 11) is 0. The highest BCUT2D eigenvalue weighted by Crippen LogP contribution is 2.31. The molecule has 222 valence electrons. The molecule has 0 saturated heterocycles. The Morgan fingerprint density at radius 2 is 1.07 bits per heavy atom. The molecule has 40 heavy (non-hydrogen) atoms. The van der Waals surface area contributed by atoms with Gasteiger partial charge in [0.2, 0.25) is 0 Å². The number of unbranched alkanes of at least 4 members (excludes halogenated alkanes) is 10. The van der Waals surface area contributed by atoms with Crippen molar-refractivity contribution in [2.75, 3.05) is 13.2 Å². The SMILES string of the molecule is c1ccc(-c2ncc(OCCCCCCCCC3CCCC3)c(OCCCCCCCCC3CCCC3)n2)cc1. The van der Waals surface area contributed by atoms with Gasteiger partial charge in [-0.2, -0.15) is 4.98 Å². The summed E-state index contributed by atoms with van der Waals surface area (Å²) in [6.07, 6.45) is 32.1. The van der Waals surface area contributed by atoms with Crippen molar-refractivity contribution in [2.24, 2.45) is 11.8 Å². The minimum Gasteiger partial charge on any atom is -0.487 e. The highest BCUT2D eigenvalue weighted by Gasteiger charge is 2.15. The number of hydrogen-bond acceptors (Lipinski definition) is 4. The Morgan fingerprint density at radius 1 is 0.575 bits per heavy atom. The summed E-state index contributed by atoms with van der Waals surface area (Å²) < 4.78 is 12.3. The summed E-state index contributed by atoms with van der Waals surface area (Å²) >= 11 is 0. The molecule has 0 radical (unpaired) electrons. The summed E-state index contributed by atoms with van der Waals surface area (Å²) in [6.45, 7) is 1.39. The van der Waals surface area contributed by atoms with Crippen LogP contribution in [-0.2, 0) is 0 Å². The molecule has 4 nitrogen and oxygen atoms in total. The molecule has 1 heterocycles. The molecule has 0 unspecified atom stereocenters. The first-order valence-electron chi connectivity index (χ1n) is 17.1. The average Bonchev–Trinajstić information content (AvgIpc) is 3.71. The van der Waals surface area contributed by atoms with Crippen molar-refractivity contribution >= 4 is 0 Å². The summed E-state index contributed by atoms with van der Waals surface area (Å²) in [5.41, 5.74) is 1.00. The fourth-order valence-corrected chi connectivity index (χ4v) is 6.72. The van der Waals surface area contributed by atoms with Crippen LogP contribution in [0.15, 0.2) is 36.5 Å². The third kappa shape index (κ3) is 11.8. The lowest BCUT2D eigenvalue weighted by atomic mass is 9.99. The van der Waals surface area contributed by atoms with Crippen LogP contribution in [0, 0.1) is 11.8 Å². The number of hydrogen-bond donors (Lipinski definition) is 0. The maximum Gasteiger partial charge on any atom is 0.260 e. The molecule has 0 spiro atoms. The molecule has 4 heteroatoms. The van der Waals surface area contributed by atoms with Crippen LogP contribution in [-0.4, -0.2) is 23.2 Å². The molecule has 2 aliphatic carbocycles. The number of ether oxygens (including phenoxy) is 2. The lowest BCUT2D eigenvalue weighted by molar-refractivity contribution is 0.249. The zero-order chi connectivity index (χ0) is 27.5. The van der Waals surface area contributed by atoms with Crippen LogP contribution in [0.5, 0.6) is 11.6 Å². The monoisotopic (exact) mass is 548 g/mol. The number of benzene rings is 1. The summed E-state index contributed by atoms with van der Waals surface area (Å²) in [5, 5.41) is 0. The van der Waals surface area contributed by atoms with Gasteiger partial charge in [-0.05, 0) is 24.7 Å². The molecule has 2 fully saturated rings. The standard InChI is InChI=1S/C36H56N2O2/c1(5-10-20-31-22-14-15-23-31)3-7-18-28-39-34-30-37-35(33-26-12-9-13-27-33)38-36(34)40-29-19-8-4-2-6-11-21-32-24-16-17-25-32/h9,12-13,26-27,30-32H,1-8,10-11,14-25,28-29H2. The summed E-state index contributed by atoms with van der Waals surface area (Å²) in [6, 6.07) is 10.1. The zero-order valence-electron chi connectivity index (χ0n) is 25.3. The maximum absolute atomic E-state index is 6.18. The van der Waals surface area contributed by atoms with Crippen LogP contribution in [0.4, 0.5) is 0 Å². The molecule has 1 aromatic heterocycles. The molecule has 2 aromatic rings. The van der Waals surface area contributed by atoms with Crippen LogP contribution in [0.3, 0.4) is 0 Å². The van der Waals surface area contributed by atoms with Gasteiger partial charge in [0.1, 0.15) is 0 Å².